The minimum Gasteiger partial charge on any atom is -0.366 e. The molecule has 1 N–H and O–H groups in total. The van der Waals surface area contributed by atoms with Gasteiger partial charge in [-0.3, -0.25) is 9.67 Å². The highest BCUT2D eigenvalue weighted by Gasteiger charge is 2.18. The topological polar surface area (TPSA) is 55.6 Å². The molecule has 2 aromatic heterocycles. The van der Waals surface area contributed by atoms with Gasteiger partial charge in [-0.05, 0) is 19.4 Å². The van der Waals surface area contributed by atoms with Crippen LogP contribution >= 0.6 is 0 Å². The molecule has 0 aliphatic carbocycles. The lowest BCUT2D eigenvalue weighted by atomic mass is 10.0. The molecule has 1 aliphatic rings. The Labute approximate surface area is 99.9 Å². The Bertz CT molecular complexity index is 519. The monoisotopic (exact) mass is 229 g/mol. The standard InChI is InChI=1S/C12H15N5/c1-9-7-13-8-12(15-9)16-10-3-5-17-11(6-10)2-4-14-17/h2,4,7-8,10H,3,5-6H2,1H3,(H,15,16). The fourth-order valence-corrected chi connectivity index (χ4v) is 2.23. The maximum absolute atomic E-state index is 4.41. The van der Waals surface area contributed by atoms with Gasteiger partial charge in [0, 0.05) is 37.1 Å². The zero-order valence-electron chi connectivity index (χ0n) is 9.80. The van der Waals surface area contributed by atoms with Crippen LogP contribution in [-0.2, 0) is 13.0 Å². The third-order valence-corrected chi connectivity index (χ3v) is 3.06. The van der Waals surface area contributed by atoms with Crippen molar-refractivity contribution in [1.29, 1.82) is 0 Å². The Morgan fingerprint density at radius 2 is 2.35 bits per heavy atom. The van der Waals surface area contributed by atoms with E-state index in [0.29, 0.717) is 6.04 Å². The van der Waals surface area contributed by atoms with Crippen LogP contribution in [0, 0.1) is 6.92 Å². The summed E-state index contributed by atoms with van der Waals surface area (Å²) in [5.41, 5.74) is 2.23. The lowest BCUT2D eigenvalue weighted by Crippen LogP contribution is -2.30. The van der Waals surface area contributed by atoms with Crippen LogP contribution in [0.2, 0.25) is 0 Å². The molecule has 0 radical (unpaired) electrons. The zero-order chi connectivity index (χ0) is 11.7. The second kappa shape index (κ2) is 4.16. The van der Waals surface area contributed by atoms with E-state index in [1.165, 1.54) is 5.69 Å². The van der Waals surface area contributed by atoms with E-state index in [2.05, 4.69) is 31.1 Å². The van der Waals surface area contributed by atoms with Crippen LogP contribution in [0.15, 0.2) is 24.7 Å². The minimum absolute atomic E-state index is 0.426. The van der Waals surface area contributed by atoms with E-state index in [9.17, 15) is 0 Å². The van der Waals surface area contributed by atoms with Crippen molar-refractivity contribution in [3.8, 4) is 0 Å². The van der Waals surface area contributed by atoms with Gasteiger partial charge in [-0.25, -0.2) is 4.98 Å². The summed E-state index contributed by atoms with van der Waals surface area (Å²) in [6.45, 7) is 2.92. The summed E-state index contributed by atoms with van der Waals surface area (Å²) in [7, 11) is 0. The highest BCUT2D eigenvalue weighted by atomic mass is 15.3. The first-order valence-electron chi connectivity index (χ1n) is 5.87. The fraction of sp³-hybridized carbons (Fsp3) is 0.417. The molecule has 2 aromatic rings. The normalized spacial score (nSPS) is 18.8. The van der Waals surface area contributed by atoms with Crippen molar-refractivity contribution in [2.45, 2.75) is 32.4 Å². The number of nitrogens with zero attached hydrogens (tertiary/aromatic N) is 4. The molecule has 1 aliphatic heterocycles. The lowest BCUT2D eigenvalue weighted by molar-refractivity contribution is 0.455. The van der Waals surface area contributed by atoms with Gasteiger partial charge >= 0.3 is 0 Å². The van der Waals surface area contributed by atoms with Crippen LogP contribution < -0.4 is 5.32 Å². The third-order valence-electron chi connectivity index (χ3n) is 3.06. The second-order valence-corrected chi connectivity index (χ2v) is 4.43. The van der Waals surface area contributed by atoms with Crippen LogP contribution in [0.25, 0.3) is 0 Å². The Morgan fingerprint density at radius 1 is 1.41 bits per heavy atom. The number of hydrogen-bond acceptors (Lipinski definition) is 4. The fourth-order valence-electron chi connectivity index (χ4n) is 2.23. The van der Waals surface area contributed by atoms with Crippen molar-refractivity contribution in [3.05, 3.63) is 36.0 Å². The highest BCUT2D eigenvalue weighted by molar-refractivity contribution is 5.33. The Morgan fingerprint density at radius 3 is 3.24 bits per heavy atom. The van der Waals surface area contributed by atoms with E-state index in [0.717, 1.165) is 30.9 Å². The van der Waals surface area contributed by atoms with E-state index in [1.807, 2.05) is 13.1 Å². The number of nitrogens with one attached hydrogen (secondary N) is 1. The molecule has 0 saturated carbocycles. The average molecular weight is 229 g/mol. The molecule has 0 spiro atoms. The predicted molar refractivity (Wildman–Crippen MR) is 64.7 cm³/mol. The molecule has 3 rings (SSSR count). The summed E-state index contributed by atoms with van der Waals surface area (Å²) in [5, 5.41) is 7.71. The average Bonchev–Trinajstić information content (AvgIpc) is 2.76. The number of aromatic nitrogens is 4. The third kappa shape index (κ3) is 2.13. The number of fused-ring (bicyclic) bond motifs is 1. The molecule has 0 fully saturated rings. The van der Waals surface area contributed by atoms with Gasteiger partial charge in [0.25, 0.3) is 0 Å². The number of aryl methyl sites for hydroxylation is 2. The smallest absolute Gasteiger partial charge is 0.145 e. The number of hydrogen-bond donors (Lipinski definition) is 1. The summed E-state index contributed by atoms with van der Waals surface area (Å²) in [4.78, 5) is 8.56. The molecule has 3 heterocycles. The molecule has 5 heteroatoms. The number of anilines is 1. The molecule has 1 unspecified atom stereocenters. The zero-order valence-corrected chi connectivity index (χ0v) is 9.80. The first kappa shape index (κ1) is 10.3. The van der Waals surface area contributed by atoms with E-state index < -0.39 is 0 Å². The summed E-state index contributed by atoms with van der Waals surface area (Å²) in [6, 6.07) is 2.51. The van der Waals surface area contributed by atoms with Crippen molar-refractivity contribution in [2.24, 2.45) is 0 Å². The van der Waals surface area contributed by atoms with Crippen molar-refractivity contribution >= 4 is 5.82 Å². The summed E-state index contributed by atoms with van der Waals surface area (Å²) in [6.07, 6.45) is 7.48. The van der Waals surface area contributed by atoms with Gasteiger partial charge in [-0.1, -0.05) is 0 Å². The summed E-state index contributed by atoms with van der Waals surface area (Å²) < 4.78 is 2.07. The van der Waals surface area contributed by atoms with Crippen LogP contribution in [-0.4, -0.2) is 25.8 Å². The van der Waals surface area contributed by atoms with E-state index in [4.69, 9.17) is 0 Å². The first-order chi connectivity index (χ1) is 8.31. The quantitative estimate of drug-likeness (QED) is 0.846. The first-order valence-corrected chi connectivity index (χ1v) is 5.87. The predicted octanol–water partition coefficient (Wildman–Crippen LogP) is 1.41. The van der Waals surface area contributed by atoms with Crippen LogP contribution in [0.5, 0.6) is 0 Å². The molecule has 0 saturated heterocycles. The molecule has 0 amide bonds. The maximum atomic E-state index is 4.41. The van der Waals surface area contributed by atoms with Gasteiger partial charge in [-0.15, -0.1) is 0 Å². The number of rotatable bonds is 2. The lowest BCUT2D eigenvalue weighted by Gasteiger charge is -2.24. The SMILES string of the molecule is Cc1cncc(NC2CCn3nccc3C2)n1. The van der Waals surface area contributed by atoms with Crippen LogP contribution in [0.1, 0.15) is 17.8 Å². The molecule has 1 atom stereocenters. The van der Waals surface area contributed by atoms with Crippen molar-refractivity contribution < 1.29 is 0 Å². The maximum Gasteiger partial charge on any atom is 0.145 e. The van der Waals surface area contributed by atoms with Crippen LogP contribution in [0.4, 0.5) is 5.82 Å². The summed E-state index contributed by atoms with van der Waals surface area (Å²) in [5.74, 6) is 0.864. The van der Waals surface area contributed by atoms with E-state index in [1.54, 1.807) is 12.4 Å². The minimum atomic E-state index is 0.426. The largest absolute Gasteiger partial charge is 0.366 e. The van der Waals surface area contributed by atoms with E-state index >= 15 is 0 Å². The van der Waals surface area contributed by atoms with Crippen molar-refractivity contribution in [2.75, 3.05) is 5.32 Å². The molecule has 5 nitrogen and oxygen atoms in total. The van der Waals surface area contributed by atoms with Gasteiger partial charge in [0.1, 0.15) is 5.82 Å². The molecule has 17 heavy (non-hydrogen) atoms. The molecular formula is C12H15N5. The van der Waals surface area contributed by atoms with E-state index in [-0.39, 0.29) is 0 Å². The molecule has 88 valence electrons. The highest BCUT2D eigenvalue weighted by Crippen LogP contribution is 2.17. The van der Waals surface area contributed by atoms with Crippen molar-refractivity contribution in [1.82, 2.24) is 19.7 Å². The Hall–Kier alpha value is -1.91. The van der Waals surface area contributed by atoms with Gasteiger partial charge in [0.05, 0.1) is 11.9 Å². The van der Waals surface area contributed by atoms with Gasteiger partial charge < -0.3 is 5.32 Å². The van der Waals surface area contributed by atoms with Crippen LogP contribution in [0.3, 0.4) is 0 Å². The molecule has 0 bridgehead atoms. The Kier molecular flexibility index (Phi) is 2.51. The van der Waals surface area contributed by atoms with Gasteiger partial charge in [0.2, 0.25) is 0 Å². The Balaban J connectivity index is 1.72. The molecule has 0 aromatic carbocycles. The second-order valence-electron chi connectivity index (χ2n) is 4.43. The molecular weight excluding hydrogens is 214 g/mol. The van der Waals surface area contributed by atoms with Crippen molar-refractivity contribution in [3.63, 3.8) is 0 Å². The van der Waals surface area contributed by atoms with Gasteiger partial charge in [-0.2, -0.15) is 5.10 Å². The van der Waals surface area contributed by atoms with Gasteiger partial charge in [0.15, 0.2) is 0 Å². The summed E-state index contributed by atoms with van der Waals surface area (Å²) >= 11 is 0.